The molecule has 3 aliphatic rings. The van der Waals surface area contributed by atoms with E-state index >= 15 is 0 Å². The largest absolute Gasteiger partial charge is 0.479 e. The molecule has 2 atom stereocenters. The Labute approximate surface area is 486 Å². The van der Waals surface area contributed by atoms with Gasteiger partial charge in [0.15, 0.2) is 72.0 Å². The number of hydrogen-bond donors (Lipinski definition) is 0. The van der Waals surface area contributed by atoms with Crippen molar-refractivity contribution < 1.29 is 96.4 Å². The SMILES string of the molecule is CCCCOC(=O)[C@@H](C)Oc1ccc(Oc2ccc(C#N)cc2F)cc1.CS(=O)(=O)c1ccc(C(=O)C2C(=O)CCCC2=O)c(Cl)c1COCC(F)(F)F.CS(=O)(=O)c1ccc(C(=O)C2C(=O)CCCC2=O)c(Cl)c1COCC1CCCO1. The monoisotopic (exact) mass is 1240 g/mol. The van der Waals surface area contributed by atoms with Crippen molar-refractivity contribution in [2.24, 2.45) is 11.8 Å². The van der Waals surface area contributed by atoms with Crippen LogP contribution in [0.25, 0.3) is 0 Å². The van der Waals surface area contributed by atoms with Crippen molar-refractivity contribution in [1.29, 1.82) is 5.26 Å². The van der Waals surface area contributed by atoms with E-state index in [-0.39, 0.29) is 88.5 Å². The molecule has 3 fully saturated rings. The highest BCUT2D eigenvalue weighted by Crippen LogP contribution is 2.35. The van der Waals surface area contributed by atoms with Gasteiger partial charge in [-0.25, -0.2) is 26.0 Å². The van der Waals surface area contributed by atoms with Crippen LogP contribution in [0.4, 0.5) is 17.6 Å². The molecular formula is C57H59Cl2F4NO17S2. The zero-order valence-corrected chi connectivity index (χ0v) is 48.6. The summed E-state index contributed by atoms with van der Waals surface area (Å²) in [5.74, 6) is -6.64. The van der Waals surface area contributed by atoms with Crippen molar-refractivity contribution >= 4 is 83.5 Å². The van der Waals surface area contributed by atoms with Gasteiger partial charge in [0.05, 0.1) is 64.0 Å². The van der Waals surface area contributed by atoms with Gasteiger partial charge < -0.3 is 28.4 Å². The first kappa shape index (κ1) is 67.3. The summed E-state index contributed by atoms with van der Waals surface area (Å²) in [5, 5.41) is 8.18. The van der Waals surface area contributed by atoms with Crippen LogP contribution in [-0.4, -0.2) is 115 Å². The molecular weight excluding hydrogens is 1180 g/mol. The van der Waals surface area contributed by atoms with Crippen molar-refractivity contribution in [2.75, 3.05) is 38.9 Å². The summed E-state index contributed by atoms with van der Waals surface area (Å²) in [7, 11) is -7.54. The predicted octanol–water partition coefficient (Wildman–Crippen LogP) is 10.1. The second-order valence-corrected chi connectivity index (χ2v) is 24.1. The van der Waals surface area contributed by atoms with Crippen LogP contribution in [0, 0.1) is 29.0 Å². The lowest BCUT2D eigenvalue weighted by Gasteiger charge is -2.20. The van der Waals surface area contributed by atoms with E-state index in [0.717, 1.165) is 56.4 Å². The van der Waals surface area contributed by atoms with Crippen LogP contribution in [0.1, 0.15) is 115 Å². The number of carbonyl (C=O) groups is 7. The number of benzene rings is 4. The Morgan fingerprint density at radius 2 is 1.23 bits per heavy atom. The number of unbranched alkanes of at least 4 members (excludes halogenated alkanes) is 1. The molecule has 0 N–H and O–H groups in total. The molecule has 4 aromatic rings. The van der Waals surface area contributed by atoms with Crippen LogP contribution in [0.15, 0.2) is 76.5 Å². The fraction of sp³-hybridized carbons (Fsp3) is 0.439. The maximum absolute atomic E-state index is 13.8. The lowest BCUT2D eigenvalue weighted by atomic mass is 9.81. The highest BCUT2D eigenvalue weighted by Gasteiger charge is 2.40. The molecule has 26 heteroatoms. The lowest BCUT2D eigenvalue weighted by molar-refractivity contribution is -0.176. The van der Waals surface area contributed by atoms with Crippen molar-refractivity contribution in [2.45, 2.75) is 119 Å². The minimum Gasteiger partial charge on any atom is -0.479 e. The van der Waals surface area contributed by atoms with Crippen molar-refractivity contribution in [3.05, 3.63) is 110 Å². The number of hydrogen-bond acceptors (Lipinski definition) is 18. The molecule has 0 radical (unpaired) electrons. The highest BCUT2D eigenvalue weighted by atomic mass is 35.5. The first-order valence-electron chi connectivity index (χ1n) is 25.9. The van der Waals surface area contributed by atoms with E-state index < -0.39 is 113 Å². The second kappa shape index (κ2) is 30.4. The average Bonchev–Trinajstić information content (AvgIpc) is 4.00. The van der Waals surface area contributed by atoms with Crippen LogP contribution >= 0.6 is 23.2 Å². The maximum atomic E-state index is 13.8. The standard InChI is InChI=1S/C20H23ClO7S.C20H20FNO4.C17H16ClF3O6S/c1-29(25,26)17-8-7-13(20(24)18-15(22)5-2-6-16(18)23)19(21)14(17)11-27-10-12-4-3-9-28-12;1-3-4-11-24-20(23)14(2)25-16-6-8-17(9-7-16)26-19-10-5-15(13-22)12-18(19)21;1-28(25,26)13-6-5-9(15(18)10(13)7-27-8-17(19,20)21)16(24)14-11(22)3-2-4-12(14)23/h7-8,12,18H,2-6,9-11H2,1H3;5-10,12,14H,3-4,11H2,1-2H3;5-6,14H,2-4,7-8H2,1H3/t;14-;/m.1./s1. The van der Waals surface area contributed by atoms with Gasteiger partial charge in [0, 0.05) is 67.1 Å². The van der Waals surface area contributed by atoms with Gasteiger partial charge in [0.1, 0.15) is 29.9 Å². The molecule has 0 aromatic heterocycles. The lowest BCUT2D eigenvalue weighted by Crippen LogP contribution is -2.35. The number of nitrogens with zero attached hydrogens (tertiary/aromatic N) is 1. The molecule has 7 rings (SSSR count). The molecule has 1 unspecified atom stereocenters. The molecule has 18 nitrogen and oxygen atoms in total. The van der Waals surface area contributed by atoms with Gasteiger partial charge in [-0.1, -0.05) is 36.5 Å². The summed E-state index contributed by atoms with van der Waals surface area (Å²) >= 11 is 12.5. The van der Waals surface area contributed by atoms with Gasteiger partial charge in [-0.15, -0.1) is 0 Å². The topological polar surface area (TPSA) is 267 Å². The third-order valence-corrected chi connectivity index (χ3v) is 16.0. The summed E-state index contributed by atoms with van der Waals surface area (Å²) in [6, 6.07) is 16.9. The molecule has 1 saturated heterocycles. The predicted molar refractivity (Wildman–Crippen MR) is 290 cm³/mol. The Hall–Kier alpha value is -6.46. The molecule has 0 bridgehead atoms. The molecule has 0 amide bonds. The number of carbonyl (C=O) groups excluding carboxylic acids is 7. The summed E-state index contributed by atoms with van der Waals surface area (Å²) in [5.41, 5.74) is -0.321. The van der Waals surface area contributed by atoms with Gasteiger partial charge >= 0.3 is 12.1 Å². The molecule has 2 aliphatic carbocycles. The number of halogens is 6. The molecule has 448 valence electrons. The number of rotatable bonds is 21. The summed E-state index contributed by atoms with van der Waals surface area (Å²) < 4.78 is 131. The summed E-state index contributed by atoms with van der Waals surface area (Å²) in [6.45, 7) is 2.35. The van der Waals surface area contributed by atoms with E-state index in [9.17, 15) is 68.0 Å². The van der Waals surface area contributed by atoms with Gasteiger partial charge in [-0.2, -0.15) is 18.4 Å². The van der Waals surface area contributed by atoms with E-state index in [1.165, 1.54) is 24.3 Å². The minimum atomic E-state index is -4.65. The van der Waals surface area contributed by atoms with Gasteiger partial charge in [0.25, 0.3) is 0 Å². The average molecular weight is 1240 g/mol. The zero-order valence-electron chi connectivity index (χ0n) is 45.4. The second-order valence-electron chi connectivity index (χ2n) is 19.4. The van der Waals surface area contributed by atoms with Crippen LogP contribution in [0.3, 0.4) is 0 Å². The molecule has 83 heavy (non-hydrogen) atoms. The van der Waals surface area contributed by atoms with Gasteiger partial charge in [-0.3, -0.25) is 28.8 Å². The fourth-order valence-electron chi connectivity index (χ4n) is 8.65. The molecule has 2 saturated carbocycles. The van der Waals surface area contributed by atoms with Gasteiger partial charge in [-0.05, 0) is 106 Å². The molecule has 1 aliphatic heterocycles. The number of esters is 1. The third-order valence-electron chi connectivity index (χ3n) is 12.8. The van der Waals surface area contributed by atoms with E-state index in [0.29, 0.717) is 37.6 Å². The van der Waals surface area contributed by atoms with E-state index in [4.69, 9.17) is 52.1 Å². The number of alkyl halides is 3. The van der Waals surface area contributed by atoms with Crippen molar-refractivity contribution in [1.82, 2.24) is 0 Å². The van der Waals surface area contributed by atoms with Crippen LogP contribution in [0.2, 0.25) is 10.0 Å². The smallest absolute Gasteiger partial charge is 0.411 e. The maximum Gasteiger partial charge on any atom is 0.411 e. The van der Waals surface area contributed by atoms with E-state index in [1.807, 2.05) is 13.0 Å². The third kappa shape index (κ3) is 19.3. The van der Waals surface area contributed by atoms with Crippen LogP contribution in [0.5, 0.6) is 17.2 Å². The first-order valence-corrected chi connectivity index (χ1v) is 30.5. The molecule has 4 aromatic carbocycles. The summed E-state index contributed by atoms with van der Waals surface area (Å²) in [6.07, 6.45) is 1.18. The highest BCUT2D eigenvalue weighted by molar-refractivity contribution is 7.91. The van der Waals surface area contributed by atoms with Crippen molar-refractivity contribution in [3.63, 3.8) is 0 Å². The number of ether oxygens (including phenoxy) is 6. The quantitative estimate of drug-likeness (QED) is 0.0247. The van der Waals surface area contributed by atoms with Crippen molar-refractivity contribution in [3.8, 4) is 23.3 Å². The number of sulfone groups is 2. The first-order chi connectivity index (χ1) is 39.1. The normalized spacial score (nSPS) is 16.4. The minimum absolute atomic E-state index is 0.0190. The van der Waals surface area contributed by atoms with E-state index in [1.54, 1.807) is 31.2 Å². The number of ketones is 6. The fourth-order valence-corrected chi connectivity index (χ4v) is 11.2. The van der Waals surface area contributed by atoms with Crippen LogP contribution in [-0.2, 0) is 75.8 Å². The molecule has 0 spiro atoms. The number of nitriles is 1. The van der Waals surface area contributed by atoms with Crippen LogP contribution < -0.4 is 9.47 Å². The van der Waals surface area contributed by atoms with E-state index in [2.05, 4.69) is 4.74 Å². The Balaban J connectivity index is 0.000000228. The Kier molecular flexibility index (Phi) is 24.6. The summed E-state index contributed by atoms with van der Waals surface area (Å²) in [4.78, 5) is 85.2. The Morgan fingerprint density at radius 3 is 1.66 bits per heavy atom. The zero-order chi connectivity index (χ0) is 61.4. The van der Waals surface area contributed by atoms with Gasteiger partial charge in [0.2, 0.25) is 0 Å². The molecule has 1 heterocycles. The number of Topliss-reactive ketones (excluding diaryl/α,β-unsaturated/α-hetero) is 6. The Bertz CT molecular complexity index is 3310. The Morgan fingerprint density at radius 1 is 0.735 bits per heavy atom.